The molecule has 0 N–H and O–H groups in total. The van der Waals surface area contributed by atoms with Crippen LogP contribution >= 0.6 is 0 Å². The Morgan fingerprint density at radius 3 is 1.60 bits per heavy atom. The Labute approximate surface area is 239 Å². The van der Waals surface area contributed by atoms with Crippen LogP contribution in [0.25, 0.3) is 0 Å². The maximum Gasteiger partial charge on any atom is 0.206 e. The van der Waals surface area contributed by atoms with Gasteiger partial charge in [0.15, 0.2) is 0 Å². The molecule has 5 aromatic carbocycles. The highest BCUT2D eigenvalue weighted by molar-refractivity contribution is 6.84. The molecule has 0 aliphatic heterocycles. The molecule has 6 rings (SSSR count). The number of imidazole rings is 1. The van der Waals surface area contributed by atoms with Crippen molar-refractivity contribution in [3.05, 3.63) is 181 Å². The zero-order valence-corrected chi connectivity index (χ0v) is 24.1. The summed E-state index contributed by atoms with van der Waals surface area (Å²) in [6.45, 7) is 2.72. The molecule has 0 amide bonds. The fraction of sp³-hybridized carbons (Fsp3) is 0.0571. The van der Waals surface area contributed by atoms with E-state index in [9.17, 15) is 4.39 Å². The average Bonchev–Trinajstić information content (AvgIpc) is 3.57. The third kappa shape index (κ3) is 6.22. The molecule has 0 radical (unpaired) electrons. The van der Waals surface area contributed by atoms with Gasteiger partial charge < -0.3 is 4.57 Å². The van der Waals surface area contributed by atoms with Crippen LogP contribution in [0, 0.1) is 5.82 Å². The molecule has 1 aromatic heterocycles. The van der Waals surface area contributed by atoms with Crippen LogP contribution in [-0.2, 0) is 5.16 Å². The topological polar surface area (TPSA) is 17.8 Å². The Balaban J connectivity index is 0.000000194. The van der Waals surface area contributed by atoms with E-state index in [0.29, 0.717) is 6.71 Å². The highest BCUT2D eigenvalue weighted by Gasteiger charge is 2.36. The van der Waals surface area contributed by atoms with Crippen LogP contribution in [-0.4, -0.2) is 25.8 Å². The van der Waals surface area contributed by atoms with Crippen molar-refractivity contribution in [2.75, 3.05) is 0 Å². The smallest absolute Gasteiger partial charge is 0.206 e. The van der Waals surface area contributed by atoms with E-state index in [4.69, 9.17) is 0 Å². The third-order valence-corrected chi connectivity index (χ3v) is 9.94. The molecule has 0 saturated carbocycles. The lowest BCUT2D eigenvalue weighted by Crippen LogP contribution is -2.46. The number of rotatable bonds is 7. The summed E-state index contributed by atoms with van der Waals surface area (Å²) in [6, 6.07) is 49.1. The summed E-state index contributed by atoms with van der Waals surface area (Å²) in [5, 5.41) is 0.707. The van der Waals surface area contributed by atoms with Crippen molar-refractivity contribution in [2.45, 2.75) is 12.0 Å². The highest BCUT2D eigenvalue weighted by atomic mass is 28.2. The number of hydrogen-bond donors (Lipinski definition) is 0. The molecule has 0 spiro atoms. The summed E-state index contributed by atoms with van der Waals surface area (Å²) < 4.78 is 16.1. The van der Waals surface area contributed by atoms with Crippen LogP contribution < -0.4 is 16.1 Å². The number of benzene rings is 5. The first-order chi connectivity index (χ1) is 19.7. The van der Waals surface area contributed by atoms with Gasteiger partial charge >= 0.3 is 0 Å². The lowest BCUT2D eigenvalue weighted by atomic mass is 9.43. The Morgan fingerprint density at radius 2 is 1.15 bits per heavy atom. The van der Waals surface area contributed by atoms with E-state index in [0.717, 1.165) is 5.19 Å². The zero-order chi connectivity index (χ0) is 27.6. The van der Waals surface area contributed by atoms with Gasteiger partial charge in [-0.15, -0.1) is 0 Å². The van der Waals surface area contributed by atoms with Crippen LogP contribution in [0.2, 0.25) is 6.82 Å². The lowest BCUT2D eigenvalue weighted by molar-refractivity contribution is 0.596. The second-order valence-corrected chi connectivity index (χ2v) is 12.1. The van der Waals surface area contributed by atoms with E-state index in [1.54, 1.807) is 18.3 Å². The predicted octanol–water partition coefficient (Wildman–Crippen LogP) is 5.19. The molecule has 0 unspecified atom stereocenters. The van der Waals surface area contributed by atoms with Gasteiger partial charge in [0.25, 0.3) is 0 Å². The number of nitrogens with zero attached hydrogens (tertiary/aromatic N) is 2. The zero-order valence-electron chi connectivity index (χ0n) is 22.6. The first kappa shape index (κ1) is 27.1. The molecule has 1 heterocycles. The maximum absolute atomic E-state index is 13.9. The first-order valence-electron chi connectivity index (χ1n) is 13.6. The minimum absolute atomic E-state index is 0.185. The Hall–Kier alpha value is -4.48. The molecule has 6 aromatic rings. The van der Waals surface area contributed by atoms with Crippen molar-refractivity contribution in [1.82, 2.24) is 9.55 Å². The van der Waals surface area contributed by atoms with Gasteiger partial charge in [-0.25, -0.2) is 9.37 Å². The van der Waals surface area contributed by atoms with E-state index in [-0.39, 0.29) is 11.0 Å². The van der Waals surface area contributed by atoms with Gasteiger partial charge in [-0.3, -0.25) is 0 Å². The first-order valence-corrected chi connectivity index (χ1v) is 15.0. The van der Waals surface area contributed by atoms with Gasteiger partial charge in [-0.05, 0) is 23.3 Å². The van der Waals surface area contributed by atoms with Gasteiger partial charge in [-0.1, -0.05) is 156 Å². The molecule has 0 aliphatic rings. The lowest BCUT2D eigenvalue weighted by Gasteiger charge is -2.37. The monoisotopic (exact) mass is 538 g/mol. The summed E-state index contributed by atoms with van der Waals surface area (Å²) in [4.78, 5) is 4.31. The molecule has 0 aliphatic carbocycles. The number of aromatic nitrogens is 2. The maximum atomic E-state index is 13.9. The van der Waals surface area contributed by atoms with Crippen LogP contribution in [0.15, 0.2) is 164 Å². The molecule has 0 fully saturated rings. The summed E-state index contributed by atoms with van der Waals surface area (Å²) >= 11 is 0. The van der Waals surface area contributed by atoms with Crippen LogP contribution in [0.4, 0.5) is 4.39 Å². The minimum atomic E-state index is -1.01. The van der Waals surface area contributed by atoms with E-state index in [1.807, 2.05) is 30.7 Å². The summed E-state index contributed by atoms with van der Waals surface area (Å²) in [6.07, 6.45) is 5.68. The SMILES string of the molecule is CB(c1ccccc1)c1ccccc1.Fc1cccc([SiH2]C(c2ccccc2)(c2ccccc2)n2ccnc2)c1. The molecule has 0 bridgehead atoms. The molecule has 0 atom stereocenters. The Kier molecular flexibility index (Phi) is 8.84. The molecular weight excluding hydrogens is 506 g/mol. The number of halogens is 1. The van der Waals surface area contributed by atoms with Crippen LogP contribution in [0.5, 0.6) is 0 Å². The van der Waals surface area contributed by atoms with Gasteiger partial charge in [0.05, 0.1) is 21.0 Å². The molecule has 40 heavy (non-hydrogen) atoms. The summed E-state index contributed by atoms with van der Waals surface area (Å²) in [5.41, 5.74) is 5.14. The second kappa shape index (κ2) is 13.0. The van der Waals surface area contributed by atoms with Crippen LogP contribution in [0.1, 0.15) is 11.1 Å². The fourth-order valence-electron chi connectivity index (χ4n) is 5.29. The van der Waals surface area contributed by atoms with Gasteiger partial charge in [0, 0.05) is 12.4 Å². The van der Waals surface area contributed by atoms with Gasteiger partial charge in [0.2, 0.25) is 6.71 Å². The Morgan fingerprint density at radius 1 is 0.650 bits per heavy atom. The molecule has 196 valence electrons. The van der Waals surface area contributed by atoms with Crippen LogP contribution in [0.3, 0.4) is 0 Å². The van der Waals surface area contributed by atoms with Crippen molar-refractivity contribution in [3.8, 4) is 0 Å². The van der Waals surface area contributed by atoms with Gasteiger partial charge in [0.1, 0.15) is 5.82 Å². The fourth-order valence-corrected chi connectivity index (χ4v) is 7.68. The van der Waals surface area contributed by atoms with E-state index >= 15 is 0 Å². The van der Waals surface area contributed by atoms with Crippen molar-refractivity contribution >= 4 is 32.3 Å². The predicted molar refractivity (Wildman–Crippen MR) is 170 cm³/mol. The number of hydrogen-bond acceptors (Lipinski definition) is 1. The van der Waals surface area contributed by atoms with Crippen molar-refractivity contribution in [1.29, 1.82) is 0 Å². The third-order valence-electron chi connectivity index (χ3n) is 7.40. The van der Waals surface area contributed by atoms with Crippen molar-refractivity contribution in [3.63, 3.8) is 0 Å². The van der Waals surface area contributed by atoms with E-state index in [1.165, 1.54) is 28.1 Å². The quantitative estimate of drug-likeness (QED) is 0.256. The average molecular weight is 539 g/mol. The van der Waals surface area contributed by atoms with E-state index < -0.39 is 9.52 Å². The molecule has 2 nitrogen and oxygen atoms in total. The highest BCUT2D eigenvalue weighted by Crippen LogP contribution is 2.33. The van der Waals surface area contributed by atoms with Gasteiger partial charge in [-0.2, -0.15) is 0 Å². The molecule has 5 heteroatoms. The Bertz CT molecular complexity index is 1500. The largest absolute Gasteiger partial charge is 0.326 e. The van der Waals surface area contributed by atoms with Crippen molar-refractivity contribution < 1.29 is 4.39 Å². The van der Waals surface area contributed by atoms with E-state index in [2.05, 4.69) is 126 Å². The van der Waals surface area contributed by atoms with Crippen molar-refractivity contribution in [2.24, 2.45) is 0 Å². The molecule has 0 saturated heterocycles. The molecular formula is C35H32BFN2Si. The standard InChI is InChI=1S/C22H19FN2Si.C13H13B/c23-20-12-7-13-21(16-20)26-22(25-15-14-24-17-25,18-8-3-1-4-9-18)19-10-5-2-6-11-19;1-14(12-8-4-2-5-9-12)13-10-6-3-7-11-13/h1-17H,26H2;2-11H,1H3. The minimum Gasteiger partial charge on any atom is -0.326 e. The summed E-state index contributed by atoms with van der Waals surface area (Å²) in [7, 11) is -1.01. The second-order valence-electron chi connectivity index (χ2n) is 9.91. The normalized spacial score (nSPS) is 11.2. The summed E-state index contributed by atoms with van der Waals surface area (Å²) in [5.74, 6) is -0.185.